The molecule has 0 spiro atoms. The summed E-state index contributed by atoms with van der Waals surface area (Å²) in [6, 6.07) is 2.63. The first-order valence-corrected chi connectivity index (χ1v) is 9.31. The highest BCUT2D eigenvalue weighted by Crippen LogP contribution is 2.43. The first-order valence-electron chi connectivity index (χ1n) is 9.31. The molecule has 6 heteroatoms. The van der Waals surface area contributed by atoms with Crippen LogP contribution in [0.25, 0.3) is 28.0 Å². The molecule has 3 aromatic rings. The molecule has 0 saturated carbocycles. The Labute approximate surface area is 167 Å². The van der Waals surface area contributed by atoms with Crippen LogP contribution >= 0.6 is 0 Å². The second kappa shape index (κ2) is 6.30. The molecule has 0 aliphatic carbocycles. The Morgan fingerprint density at radius 2 is 1.72 bits per heavy atom. The third-order valence-electron chi connectivity index (χ3n) is 5.01. The van der Waals surface area contributed by atoms with Crippen molar-refractivity contribution >= 4 is 28.0 Å². The van der Waals surface area contributed by atoms with Gasteiger partial charge in [-0.1, -0.05) is 17.7 Å². The molecule has 0 fully saturated rings. The fraction of sp³-hybridized carbons (Fsp3) is 0.261. The molecule has 6 nitrogen and oxygen atoms in total. The maximum Gasteiger partial charge on any atom is 0.205 e. The largest absolute Gasteiger partial charge is 0.507 e. The zero-order chi connectivity index (χ0) is 21.1. The predicted octanol–water partition coefficient (Wildman–Crippen LogP) is 4.76. The SMILES string of the molecule is CC(C)=CCc1c(O)cc2oc3cc(O)c4c(c3c(=O)c2c1O)C=CC(C)(C)O4. The summed E-state index contributed by atoms with van der Waals surface area (Å²) in [5.74, 6) is -0.432. The van der Waals surface area contributed by atoms with E-state index in [1.54, 1.807) is 12.2 Å². The molecule has 0 saturated heterocycles. The highest BCUT2D eigenvalue weighted by atomic mass is 16.5. The number of hydrogen-bond acceptors (Lipinski definition) is 6. The lowest BCUT2D eigenvalue weighted by Gasteiger charge is -2.28. The fourth-order valence-corrected chi connectivity index (χ4v) is 3.53. The number of hydrogen-bond donors (Lipinski definition) is 3. The van der Waals surface area contributed by atoms with E-state index < -0.39 is 11.0 Å². The number of rotatable bonds is 2. The van der Waals surface area contributed by atoms with Crippen LogP contribution in [0.1, 0.15) is 38.8 Å². The fourth-order valence-electron chi connectivity index (χ4n) is 3.53. The van der Waals surface area contributed by atoms with Crippen molar-refractivity contribution in [2.75, 3.05) is 0 Å². The first-order chi connectivity index (χ1) is 13.6. The topological polar surface area (TPSA) is 100 Å². The van der Waals surface area contributed by atoms with E-state index in [4.69, 9.17) is 9.15 Å². The van der Waals surface area contributed by atoms with Crippen LogP contribution in [0.2, 0.25) is 0 Å². The van der Waals surface area contributed by atoms with Crippen molar-refractivity contribution in [1.29, 1.82) is 0 Å². The lowest BCUT2D eigenvalue weighted by molar-refractivity contribution is 0.153. The van der Waals surface area contributed by atoms with E-state index in [0.717, 1.165) is 5.57 Å². The normalized spacial score (nSPS) is 14.6. The summed E-state index contributed by atoms with van der Waals surface area (Å²) in [6.07, 6.45) is 5.63. The van der Waals surface area contributed by atoms with Crippen LogP contribution < -0.4 is 10.2 Å². The quantitative estimate of drug-likeness (QED) is 0.428. The van der Waals surface area contributed by atoms with Gasteiger partial charge in [0.1, 0.15) is 33.7 Å². The minimum Gasteiger partial charge on any atom is -0.507 e. The Bertz CT molecular complexity index is 1290. The van der Waals surface area contributed by atoms with E-state index in [-0.39, 0.29) is 56.9 Å². The van der Waals surface area contributed by atoms with Crippen molar-refractivity contribution in [2.24, 2.45) is 0 Å². The average Bonchev–Trinajstić information content (AvgIpc) is 2.60. The lowest BCUT2D eigenvalue weighted by atomic mass is 9.97. The van der Waals surface area contributed by atoms with Gasteiger partial charge in [0.05, 0.1) is 5.39 Å². The number of aromatic hydroxyl groups is 3. The van der Waals surface area contributed by atoms with Crippen LogP contribution in [-0.4, -0.2) is 20.9 Å². The van der Waals surface area contributed by atoms with Gasteiger partial charge >= 0.3 is 0 Å². The third-order valence-corrected chi connectivity index (χ3v) is 5.01. The zero-order valence-electron chi connectivity index (χ0n) is 16.7. The minimum absolute atomic E-state index is 0.0152. The Morgan fingerprint density at radius 3 is 2.41 bits per heavy atom. The second-order valence-corrected chi connectivity index (χ2v) is 8.06. The molecule has 0 atom stereocenters. The van der Waals surface area contributed by atoms with E-state index in [1.807, 2.05) is 33.8 Å². The maximum atomic E-state index is 13.4. The monoisotopic (exact) mass is 394 g/mol. The number of phenols is 3. The molecule has 1 aliphatic rings. The molecule has 150 valence electrons. The van der Waals surface area contributed by atoms with E-state index in [2.05, 4.69) is 0 Å². The summed E-state index contributed by atoms with van der Waals surface area (Å²) < 4.78 is 11.6. The van der Waals surface area contributed by atoms with Crippen molar-refractivity contribution < 1.29 is 24.5 Å². The van der Waals surface area contributed by atoms with Gasteiger partial charge in [-0.05, 0) is 40.2 Å². The average molecular weight is 394 g/mol. The summed E-state index contributed by atoms with van der Waals surface area (Å²) in [4.78, 5) is 13.4. The molecule has 0 radical (unpaired) electrons. The molecule has 2 heterocycles. The van der Waals surface area contributed by atoms with Gasteiger partial charge in [-0.25, -0.2) is 0 Å². The summed E-state index contributed by atoms with van der Waals surface area (Å²) in [5.41, 5.74) is 0.756. The van der Waals surface area contributed by atoms with Crippen LogP contribution in [-0.2, 0) is 6.42 Å². The molecule has 0 amide bonds. The molecule has 1 aliphatic heterocycles. The van der Waals surface area contributed by atoms with Gasteiger partial charge in [-0.3, -0.25) is 4.79 Å². The van der Waals surface area contributed by atoms with E-state index in [9.17, 15) is 20.1 Å². The van der Waals surface area contributed by atoms with Gasteiger partial charge in [-0.15, -0.1) is 0 Å². The van der Waals surface area contributed by atoms with Gasteiger partial charge in [0.25, 0.3) is 0 Å². The Balaban J connectivity index is 2.10. The predicted molar refractivity (Wildman–Crippen MR) is 112 cm³/mol. The first kappa shape index (κ1) is 18.9. The van der Waals surface area contributed by atoms with Crippen LogP contribution in [0.3, 0.4) is 0 Å². The van der Waals surface area contributed by atoms with Gasteiger partial charge in [0, 0.05) is 23.3 Å². The molecule has 29 heavy (non-hydrogen) atoms. The van der Waals surface area contributed by atoms with Gasteiger partial charge in [0.15, 0.2) is 11.5 Å². The lowest BCUT2D eigenvalue weighted by Crippen LogP contribution is -2.28. The van der Waals surface area contributed by atoms with E-state index >= 15 is 0 Å². The molecule has 1 aromatic heterocycles. The molecule has 0 bridgehead atoms. The van der Waals surface area contributed by atoms with E-state index in [0.29, 0.717) is 5.56 Å². The number of phenolic OH excluding ortho intramolecular Hbond substituents is 3. The summed E-state index contributed by atoms with van der Waals surface area (Å²) in [7, 11) is 0. The van der Waals surface area contributed by atoms with Crippen molar-refractivity contribution in [2.45, 2.75) is 39.7 Å². The van der Waals surface area contributed by atoms with Crippen molar-refractivity contribution in [3.05, 3.63) is 51.2 Å². The number of allylic oxidation sites excluding steroid dienone is 2. The van der Waals surface area contributed by atoms with Crippen molar-refractivity contribution in [3.8, 4) is 23.0 Å². The van der Waals surface area contributed by atoms with Crippen LogP contribution in [0, 0.1) is 0 Å². The standard InChI is InChI=1S/C23H22O6/c1-11(2)5-6-12-14(24)9-17-19(20(12)26)21(27)18-13-7-8-23(3,4)29-22(13)15(25)10-16(18)28-17/h5,7-10,24-26H,6H2,1-4H3. The summed E-state index contributed by atoms with van der Waals surface area (Å²) in [6.45, 7) is 7.49. The number of ether oxygens (including phenoxy) is 1. The molecule has 2 aromatic carbocycles. The third kappa shape index (κ3) is 3.01. The Morgan fingerprint density at radius 1 is 1.07 bits per heavy atom. The number of benzene rings is 2. The smallest absolute Gasteiger partial charge is 0.205 e. The number of fused-ring (bicyclic) bond motifs is 4. The van der Waals surface area contributed by atoms with Crippen molar-refractivity contribution in [1.82, 2.24) is 0 Å². The molecular weight excluding hydrogens is 372 g/mol. The summed E-state index contributed by atoms with van der Waals surface area (Å²) >= 11 is 0. The molecule has 0 unspecified atom stereocenters. The van der Waals surface area contributed by atoms with Crippen LogP contribution in [0.4, 0.5) is 0 Å². The molecule has 4 rings (SSSR count). The molecular formula is C23H22O6. The van der Waals surface area contributed by atoms with Crippen molar-refractivity contribution in [3.63, 3.8) is 0 Å². The Hall–Kier alpha value is -3.41. The Kier molecular flexibility index (Phi) is 4.12. The van der Waals surface area contributed by atoms with Gasteiger partial charge < -0.3 is 24.5 Å². The zero-order valence-corrected chi connectivity index (χ0v) is 16.7. The highest BCUT2D eigenvalue weighted by Gasteiger charge is 2.28. The highest BCUT2D eigenvalue weighted by molar-refractivity contribution is 6.00. The van der Waals surface area contributed by atoms with Crippen LogP contribution in [0.15, 0.2) is 39.1 Å². The van der Waals surface area contributed by atoms with Gasteiger partial charge in [-0.2, -0.15) is 0 Å². The van der Waals surface area contributed by atoms with Crippen LogP contribution in [0.5, 0.6) is 23.0 Å². The maximum absolute atomic E-state index is 13.4. The molecule has 3 N–H and O–H groups in total. The van der Waals surface area contributed by atoms with E-state index in [1.165, 1.54) is 12.1 Å². The minimum atomic E-state index is -0.638. The second-order valence-electron chi connectivity index (χ2n) is 8.06. The summed E-state index contributed by atoms with van der Waals surface area (Å²) in [5, 5.41) is 31.7. The van der Waals surface area contributed by atoms with Gasteiger partial charge in [0.2, 0.25) is 5.43 Å².